The van der Waals surface area contributed by atoms with Crippen molar-refractivity contribution in [1.82, 2.24) is 10.2 Å². The van der Waals surface area contributed by atoms with E-state index in [1.165, 1.54) is 17.8 Å². The zero-order chi connectivity index (χ0) is 16.9. The first-order valence-corrected chi connectivity index (χ1v) is 8.94. The lowest BCUT2D eigenvalue weighted by Crippen LogP contribution is -1.89. The van der Waals surface area contributed by atoms with Gasteiger partial charge < -0.3 is 9.15 Å². The second-order valence-electron chi connectivity index (χ2n) is 5.01. The van der Waals surface area contributed by atoms with E-state index in [4.69, 9.17) is 9.15 Å². The summed E-state index contributed by atoms with van der Waals surface area (Å²) in [7, 11) is 1.63. The van der Waals surface area contributed by atoms with Crippen molar-refractivity contribution in [3.8, 4) is 5.75 Å². The van der Waals surface area contributed by atoms with E-state index >= 15 is 0 Å². The van der Waals surface area contributed by atoms with E-state index in [2.05, 4.69) is 26.1 Å². The van der Waals surface area contributed by atoms with Gasteiger partial charge in [0.05, 0.1) is 13.5 Å². The highest BCUT2D eigenvalue weighted by molar-refractivity contribution is 9.10. The number of nitrogens with zero attached hydrogens (tertiary/aromatic N) is 2. The molecule has 0 bridgehead atoms. The molecule has 124 valence electrons. The fourth-order valence-corrected chi connectivity index (χ4v) is 3.16. The maximum Gasteiger partial charge on any atom is 0.276 e. The maximum atomic E-state index is 13.8. The van der Waals surface area contributed by atoms with Gasteiger partial charge in [-0.15, -0.1) is 10.2 Å². The Morgan fingerprint density at radius 1 is 1.17 bits per heavy atom. The van der Waals surface area contributed by atoms with Crippen LogP contribution >= 0.6 is 27.7 Å². The summed E-state index contributed by atoms with van der Waals surface area (Å²) in [5, 5.41) is 8.46. The van der Waals surface area contributed by atoms with Crippen LogP contribution in [0.5, 0.6) is 5.75 Å². The molecule has 1 heterocycles. The fraction of sp³-hybridized carbons (Fsp3) is 0.176. The summed E-state index contributed by atoms with van der Waals surface area (Å²) in [4.78, 5) is 0. The number of halogens is 2. The van der Waals surface area contributed by atoms with Crippen LogP contribution in [-0.4, -0.2) is 17.3 Å². The standard InChI is InChI=1S/C17H14BrFN2O2S/c1-22-14-6-2-11(3-7-14)8-16-20-21-17(23-16)24-10-12-4-5-13(18)9-15(12)19/h2-7,9H,8,10H2,1H3. The lowest BCUT2D eigenvalue weighted by Gasteiger charge is -2.01. The molecule has 4 nitrogen and oxygen atoms in total. The molecule has 2 aromatic carbocycles. The Morgan fingerprint density at radius 2 is 1.96 bits per heavy atom. The summed E-state index contributed by atoms with van der Waals surface area (Å²) < 4.78 is 25.2. The van der Waals surface area contributed by atoms with Crippen LogP contribution in [0, 0.1) is 5.82 Å². The molecule has 0 N–H and O–H groups in total. The third-order valence-corrected chi connectivity index (χ3v) is 4.69. The number of benzene rings is 2. The lowest BCUT2D eigenvalue weighted by molar-refractivity contribution is 0.413. The summed E-state index contributed by atoms with van der Waals surface area (Å²) in [5.41, 5.74) is 1.65. The Kier molecular flexibility index (Phi) is 5.52. The van der Waals surface area contributed by atoms with Crippen LogP contribution in [0.25, 0.3) is 0 Å². The molecule has 0 amide bonds. The molecule has 0 aliphatic rings. The molecule has 1 aromatic heterocycles. The highest BCUT2D eigenvalue weighted by atomic mass is 79.9. The molecule has 0 fully saturated rings. The first-order chi connectivity index (χ1) is 11.6. The predicted octanol–water partition coefficient (Wildman–Crippen LogP) is 4.86. The number of aromatic nitrogens is 2. The van der Waals surface area contributed by atoms with Crippen LogP contribution in [0.1, 0.15) is 17.0 Å². The van der Waals surface area contributed by atoms with Gasteiger partial charge in [-0.1, -0.05) is 45.9 Å². The van der Waals surface area contributed by atoms with Crippen LogP contribution in [0.2, 0.25) is 0 Å². The van der Waals surface area contributed by atoms with Crippen molar-refractivity contribution in [2.75, 3.05) is 7.11 Å². The molecule has 24 heavy (non-hydrogen) atoms. The topological polar surface area (TPSA) is 48.2 Å². The highest BCUT2D eigenvalue weighted by Crippen LogP contribution is 2.25. The second kappa shape index (κ2) is 7.81. The molecule has 0 saturated heterocycles. The molecular formula is C17H14BrFN2O2S. The fourth-order valence-electron chi connectivity index (χ4n) is 2.06. The van der Waals surface area contributed by atoms with Gasteiger partial charge in [-0.2, -0.15) is 0 Å². The van der Waals surface area contributed by atoms with Gasteiger partial charge in [0, 0.05) is 10.2 Å². The number of hydrogen-bond donors (Lipinski definition) is 0. The quantitative estimate of drug-likeness (QED) is 0.544. The molecule has 0 atom stereocenters. The molecule has 0 aliphatic carbocycles. The normalized spacial score (nSPS) is 10.8. The molecule has 3 rings (SSSR count). The average molecular weight is 409 g/mol. The zero-order valence-corrected chi connectivity index (χ0v) is 15.2. The van der Waals surface area contributed by atoms with E-state index in [-0.39, 0.29) is 5.82 Å². The van der Waals surface area contributed by atoms with Crippen LogP contribution in [0.3, 0.4) is 0 Å². The Bertz CT molecular complexity index is 824. The third-order valence-electron chi connectivity index (χ3n) is 3.33. The number of hydrogen-bond acceptors (Lipinski definition) is 5. The first-order valence-electron chi connectivity index (χ1n) is 7.16. The largest absolute Gasteiger partial charge is 0.497 e. The summed E-state index contributed by atoms with van der Waals surface area (Å²) in [6, 6.07) is 12.7. The van der Waals surface area contributed by atoms with Crippen LogP contribution in [-0.2, 0) is 12.2 Å². The molecule has 0 spiro atoms. The minimum atomic E-state index is -0.255. The van der Waals surface area contributed by atoms with Crippen molar-refractivity contribution in [2.24, 2.45) is 0 Å². The maximum absolute atomic E-state index is 13.8. The van der Waals surface area contributed by atoms with E-state index in [0.717, 1.165) is 11.3 Å². The van der Waals surface area contributed by atoms with Gasteiger partial charge in [0.15, 0.2) is 0 Å². The second-order valence-corrected chi connectivity index (χ2v) is 6.85. The zero-order valence-electron chi connectivity index (χ0n) is 12.8. The van der Waals surface area contributed by atoms with Gasteiger partial charge in [-0.05, 0) is 35.4 Å². The predicted molar refractivity (Wildman–Crippen MR) is 93.8 cm³/mol. The van der Waals surface area contributed by atoms with E-state index in [1.807, 2.05) is 30.3 Å². The van der Waals surface area contributed by atoms with Crippen LogP contribution in [0.4, 0.5) is 4.39 Å². The minimum absolute atomic E-state index is 0.255. The lowest BCUT2D eigenvalue weighted by atomic mass is 10.1. The summed E-state index contributed by atoms with van der Waals surface area (Å²) in [5.74, 6) is 1.51. The van der Waals surface area contributed by atoms with Crippen molar-refractivity contribution in [3.05, 3.63) is 69.8 Å². The van der Waals surface area contributed by atoms with Gasteiger partial charge in [0.2, 0.25) is 5.89 Å². The van der Waals surface area contributed by atoms with Gasteiger partial charge in [-0.25, -0.2) is 4.39 Å². The molecular weight excluding hydrogens is 395 g/mol. The molecule has 0 aliphatic heterocycles. The van der Waals surface area contributed by atoms with Gasteiger partial charge in [0.25, 0.3) is 5.22 Å². The van der Waals surface area contributed by atoms with E-state index in [0.29, 0.717) is 33.3 Å². The summed E-state index contributed by atoms with van der Waals surface area (Å²) in [6.07, 6.45) is 0.546. The summed E-state index contributed by atoms with van der Waals surface area (Å²) in [6.45, 7) is 0. The van der Waals surface area contributed by atoms with E-state index in [1.54, 1.807) is 13.2 Å². The number of ether oxygens (including phenoxy) is 1. The van der Waals surface area contributed by atoms with Crippen molar-refractivity contribution >= 4 is 27.7 Å². The molecule has 3 aromatic rings. The van der Waals surface area contributed by atoms with Crippen molar-refractivity contribution in [3.63, 3.8) is 0 Å². The average Bonchev–Trinajstić information content (AvgIpc) is 3.02. The molecule has 0 unspecified atom stereocenters. The molecule has 0 saturated carbocycles. The Morgan fingerprint density at radius 3 is 2.67 bits per heavy atom. The van der Waals surface area contributed by atoms with Crippen molar-refractivity contribution in [1.29, 1.82) is 0 Å². The van der Waals surface area contributed by atoms with Crippen molar-refractivity contribution < 1.29 is 13.5 Å². The number of rotatable bonds is 6. The van der Waals surface area contributed by atoms with Crippen LogP contribution in [0.15, 0.2) is 56.6 Å². The van der Waals surface area contributed by atoms with Crippen LogP contribution < -0.4 is 4.74 Å². The number of thioether (sulfide) groups is 1. The number of methoxy groups -OCH3 is 1. The molecule has 0 radical (unpaired) electrons. The van der Waals surface area contributed by atoms with E-state index < -0.39 is 0 Å². The third kappa shape index (κ3) is 4.36. The smallest absolute Gasteiger partial charge is 0.276 e. The minimum Gasteiger partial charge on any atom is -0.497 e. The monoisotopic (exact) mass is 408 g/mol. The van der Waals surface area contributed by atoms with E-state index in [9.17, 15) is 4.39 Å². The van der Waals surface area contributed by atoms with Crippen molar-refractivity contribution in [2.45, 2.75) is 17.4 Å². The Labute approximate surface area is 151 Å². The van der Waals surface area contributed by atoms with Gasteiger partial charge >= 0.3 is 0 Å². The Hall–Kier alpha value is -1.86. The highest BCUT2D eigenvalue weighted by Gasteiger charge is 2.10. The van der Waals surface area contributed by atoms with Gasteiger partial charge in [0.1, 0.15) is 11.6 Å². The SMILES string of the molecule is COc1ccc(Cc2nnc(SCc3ccc(Br)cc3F)o2)cc1. The Balaban J connectivity index is 1.60. The first kappa shape index (κ1) is 17.0. The summed E-state index contributed by atoms with van der Waals surface area (Å²) >= 11 is 4.56. The van der Waals surface area contributed by atoms with Gasteiger partial charge in [-0.3, -0.25) is 0 Å². The molecule has 7 heteroatoms.